The molecule has 0 radical (unpaired) electrons. The van der Waals surface area contributed by atoms with Crippen molar-refractivity contribution in [2.75, 3.05) is 7.11 Å². The first kappa shape index (κ1) is 23.4. The van der Waals surface area contributed by atoms with Crippen molar-refractivity contribution in [3.63, 3.8) is 0 Å². The highest BCUT2D eigenvalue weighted by Gasteiger charge is 2.32. The highest BCUT2D eigenvalue weighted by atomic mass is 16.5. The number of Topliss-reactive ketones (excluding diaryl/α,β-unsaturated/α-hetero) is 2. The zero-order valence-electron chi connectivity index (χ0n) is 19.2. The van der Waals surface area contributed by atoms with Gasteiger partial charge in [0.1, 0.15) is 0 Å². The molecule has 0 spiro atoms. The Morgan fingerprint density at radius 1 is 1.00 bits per heavy atom. The highest BCUT2D eigenvalue weighted by molar-refractivity contribution is 6.24. The third kappa shape index (κ3) is 5.13. The third-order valence-corrected chi connectivity index (χ3v) is 6.27. The Balaban J connectivity index is 1.83. The summed E-state index contributed by atoms with van der Waals surface area (Å²) >= 11 is 0. The van der Waals surface area contributed by atoms with Gasteiger partial charge in [-0.15, -0.1) is 0 Å². The fourth-order valence-corrected chi connectivity index (χ4v) is 4.22. The number of esters is 1. The van der Waals surface area contributed by atoms with Gasteiger partial charge in [0.2, 0.25) is 0 Å². The van der Waals surface area contributed by atoms with Crippen LogP contribution in [0.2, 0.25) is 0 Å². The van der Waals surface area contributed by atoms with Crippen molar-refractivity contribution in [2.45, 2.75) is 52.9 Å². The smallest absolute Gasteiger partial charge is 0.305 e. The molecule has 32 heavy (non-hydrogen) atoms. The lowest BCUT2D eigenvalue weighted by molar-refractivity contribution is -0.140. The van der Waals surface area contributed by atoms with Crippen LogP contribution in [0.15, 0.2) is 65.3 Å². The van der Waals surface area contributed by atoms with E-state index in [9.17, 15) is 14.4 Å². The van der Waals surface area contributed by atoms with E-state index in [4.69, 9.17) is 4.74 Å². The van der Waals surface area contributed by atoms with Crippen molar-refractivity contribution in [2.24, 2.45) is 5.92 Å². The van der Waals surface area contributed by atoms with E-state index in [1.807, 2.05) is 22.9 Å². The van der Waals surface area contributed by atoms with Crippen molar-refractivity contribution in [1.82, 2.24) is 9.55 Å². The molecular weight excluding hydrogens is 404 g/mol. The Bertz CT molecular complexity index is 1060. The van der Waals surface area contributed by atoms with Crippen LogP contribution in [0.3, 0.4) is 0 Å². The number of hydrogen-bond donors (Lipinski definition) is 0. The summed E-state index contributed by atoms with van der Waals surface area (Å²) in [6, 6.07) is 8.15. The van der Waals surface area contributed by atoms with Crippen molar-refractivity contribution < 1.29 is 19.1 Å². The first-order valence-electron chi connectivity index (χ1n) is 10.9. The lowest BCUT2D eigenvalue weighted by atomic mass is 9.76. The summed E-state index contributed by atoms with van der Waals surface area (Å²) in [4.78, 5) is 41.5. The summed E-state index contributed by atoms with van der Waals surface area (Å²) in [6.07, 6.45) is 8.55. The van der Waals surface area contributed by atoms with E-state index in [1.54, 1.807) is 33.3 Å². The summed E-state index contributed by atoms with van der Waals surface area (Å²) in [6.45, 7) is 5.21. The van der Waals surface area contributed by atoms with Crippen molar-refractivity contribution in [3.05, 3.63) is 70.8 Å². The predicted octanol–water partition coefficient (Wildman–Crippen LogP) is 4.57. The van der Waals surface area contributed by atoms with Gasteiger partial charge in [-0.25, -0.2) is 4.98 Å². The maximum absolute atomic E-state index is 13.2. The number of nitrogens with zero attached hydrogens (tertiary/aromatic N) is 2. The molecule has 0 amide bonds. The lowest BCUT2D eigenvalue weighted by Crippen LogP contribution is -2.26. The fourth-order valence-electron chi connectivity index (χ4n) is 4.22. The van der Waals surface area contributed by atoms with Gasteiger partial charge in [-0.3, -0.25) is 14.4 Å². The van der Waals surface area contributed by atoms with Crippen LogP contribution in [-0.4, -0.2) is 34.2 Å². The van der Waals surface area contributed by atoms with Crippen LogP contribution in [-0.2, 0) is 25.5 Å². The van der Waals surface area contributed by atoms with Crippen LogP contribution >= 0.6 is 0 Å². The average molecular weight is 435 g/mol. The zero-order valence-corrected chi connectivity index (χ0v) is 19.2. The number of allylic oxidation sites excluding steroid dienone is 4. The van der Waals surface area contributed by atoms with E-state index in [0.29, 0.717) is 41.6 Å². The molecule has 1 heterocycles. The van der Waals surface area contributed by atoms with Gasteiger partial charge in [0.25, 0.3) is 0 Å². The second-order valence-electron chi connectivity index (χ2n) is 8.31. The largest absolute Gasteiger partial charge is 0.469 e. The quantitative estimate of drug-likeness (QED) is 0.328. The first-order valence-corrected chi connectivity index (χ1v) is 10.9. The maximum atomic E-state index is 13.2. The first-order chi connectivity index (χ1) is 15.3. The van der Waals surface area contributed by atoms with Gasteiger partial charge >= 0.3 is 5.97 Å². The molecule has 3 rings (SSSR count). The number of ether oxygens (including phenoxy) is 1. The normalized spacial score (nSPS) is 15.4. The lowest BCUT2D eigenvalue weighted by Gasteiger charge is -2.26. The molecule has 1 aliphatic rings. The number of methoxy groups -OCH3 is 1. The second-order valence-corrected chi connectivity index (χ2v) is 8.31. The molecule has 1 atom stereocenters. The van der Waals surface area contributed by atoms with Gasteiger partial charge in [0.05, 0.1) is 13.4 Å². The maximum Gasteiger partial charge on any atom is 0.305 e. The molecular formula is C26H30N2O4. The molecule has 0 N–H and O–H groups in total. The SMILES string of the molecule is COC(=O)CCCCC(Cc1ccc(-n2ccnc2)cc1)C1=C(C)C(=O)C(C)=C(C)C1=O. The highest BCUT2D eigenvalue weighted by Crippen LogP contribution is 2.33. The summed E-state index contributed by atoms with van der Waals surface area (Å²) in [7, 11) is 1.39. The van der Waals surface area contributed by atoms with Gasteiger partial charge in [0, 0.05) is 46.8 Å². The molecule has 1 aromatic heterocycles. The molecule has 2 aromatic rings. The van der Waals surface area contributed by atoms with Crippen molar-refractivity contribution in [1.29, 1.82) is 0 Å². The number of benzene rings is 1. The van der Waals surface area contributed by atoms with Crippen molar-refractivity contribution >= 4 is 17.5 Å². The molecule has 0 saturated heterocycles. The van der Waals surface area contributed by atoms with Gasteiger partial charge in [-0.05, 0) is 63.6 Å². The van der Waals surface area contributed by atoms with E-state index < -0.39 is 0 Å². The van der Waals surface area contributed by atoms with Crippen LogP contribution in [0.5, 0.6) is 0 Å². The number of carbonyl (C=O) groups excluding carboxylic acids is 3. The Labute approximate surface area is 189 Å². The van der Waals surface area contributed by atoms with Gasteiger partial charge in [-0.1, -0.05) is 18.6 Å². The Kier molecular flexibility index (Phi) is 7.57. The second kappa shape index (κ2) is 10.4. The molecule has 0 saturated carbocycles. The molecule has 1 unspecified atom stereocenters. The van der Waals surface area contributed by atoms with Crippen LogP contribution in [0, 0.1) is 5.92 Å². The minimum absolute atomic E-state index is 0.0346. The predicted molar refractivity (Wildman–Crippen MR) is 122 cm³/mol. The summed E-state index contributed by atoms with van der Waals surface area (Å²) in [5.74, 6) is -0.406. The monoisotopic (exact) mass is 434 g/mol. The number of rotatable bonds is 9. The molecule has 1 aliphatic carbocycles. The van der Waals surface area contributed by atoms with Crippen LogP contribution in [0.1, 0.15) is 52.0 Å². The van der Waals surface area contributed by atoms with E-state index in [-0.39, 0.29) is 23.5 Å². The molecule has 1 aromatic carbocycles. The Hall–Kier alpha value is -3.28. The number of unbranched alkanes of at least 4 members (excludes halogenated alkanes) is 1. The molecule has 168 valence electrons. The van der Waals surface area contributed by atoms with Crippen LogP contribution in [0.4, 0.5) is 0 Å². The molecule has 6 heteroatoms. The summed E-state index contributed by atoms with van der Waals surface area (Å²) in [5, 5.41) is 0. The Morgan fingerprint density at radius 2 is 1.69 bits per heavy atom. The molecule has 0 fully saturated rings. The van der Waals surface area contributed by atoms with E-state index in [2.05, 4.69) is 17.1 Å². The van der Waals surface area contributed by atoms with Crippen molar-refractivity contribution in [3.8, 4) is 5.69 Å². The van der Waals surface area contributed by atoms with Gasteiger partial charge in [0.15, 0.2) is 11.6 Å². The van der Waals surface area contributed by atoms with Gasteiger partial charge in [-0.2, -0.15) is 0 Å². The number of ketones is 2. The summed E-state index contributed by atoms with van der Waals surface area (Å²) in [5.41, 5.74) is 4.34. The standard InChI is InChI=1S/C26H30N2O4/c1-17-18(2)26(31)24(19(3)25(17)30)21(7-5-6-8-23(29)32-4)15-20-9-11-22(12-10-20)28-14-13-27-16-28/h9-14,16,21H,5-8,15H2,1-4H3. The topological polar surface area (TPSA) is 78.3 Å². The average Bonchev–Trinajstić information content (AvgIpc) is 3.34. The molecule has 0 aliphatic heterocycles. The van der Waals surface area contributed by atoms with Crippen LogP contribution in [0.25, 0.3) is 5.69 Å². The number of hydrogen-bond acceptors (Lipinski definition) is 5. The minimum Gasteiger partial charge on any atom is -0.469 e. The van der Waals surface area contributed by atoms with E-state index in [1.165, 1.54) is 7.11 Å². The number of aromatic nitrogens is 2. The van der Waals surface area contributed by atoms with E-state index >= 15 is 0 Å². The van der Waals surface area contributed by atoms with Gasteiger partial charge < -0.3 is 9.30 Å². The number of carbonyl (C=O) groups is 3. The van der Waals surface area contributed by atoms with E-state index in [0.717, 1.165) is 24.1 Å². The summed E-state index contributed by atoms with van der Waals surface area (Å²) < 4.78 is 6.66. The fraction of sp³-hybridized carbons (Fsp3) is 0.385. The minimum atomic E-state index is -0.231. The number of imidazole rings is 1. The Morgan fingerprint density at radius 3 is 2.31 bits per heavy atom. The third-order valence-electron chi connectivity index (χ3n) is 6.27. The van der Waals surface area contributed by atoms with Crippen LogP contribution < -0.4 is 0 Å². The molecule has 0 bridgehead atoms. The molecule has 6 nitrogen and oxygen atoms in total. The zero-order chi connectivity index (χ0) is 23.3.